The zero-order valence-corrected chi connectivity index (χ0v) is 9.02. The third-order valence-corrected chi connectivity index (χ3v) is 2.19. The number of nitrogens with one attached hydrogen (secondary N) is 1. The van der Waals surface area contributed by atoms with Gasteiger partial charge in [-0.15, -0.1) is 0 Å². The fraction of sp³-hybridized carbons (Fsp3) is 0. The molecule has 0 amide bonds. The van der Waals surface area contributed by atoms with Crippen LogP contribution in [0.1, 0.15) is 10.5 Å². The van der Waals surface area contributed by atoms with Crippen LogP contribution in [-0.4, -0.2) is 16.1 Å². The number of hydrogen-bond donors (Lipinski definition) is 2. The molecule has 0 aliphatic carbocycles. The van der Waals surface area contributed by atoms with E-state index in [4.69, 9.17) is 5.11 Å². The Hall–Kier alpha value is -2.50. The first-order chi connectivity index (χ1) is 8.56. The zero-order chi connectivity index (χ0) is 13.1. The number of benzene rings is 1. The first-order valence-corrected chi connectivity index (χ1v) is 4.97. The predicted molar refractivity (Wildman–Crippen MR) is 60.8 cm³/mol. The number of rotatable bonds is 3. The van der Waals surface area contributed by atoms with Gasteiger partial charge in [0.15, 0.2) is 0 Å². The van der Waals surface area contributed by atoms with E-state index in [9.17, 15) is 13.6 Å². The largest absolute Gasteiger partial charge is 0.477 e. The number of nitrogens with zero attached hydrogens (tertiary/aromatic N) is 1. The summed E-state index contributed by atoms with van der Waals surface area (Å²) in [6.45, 7) is 0. The third kappa shape index (κ3) is 2.60. The van der Waals surface area contributed by atoms with E-state index in [0.29, 0.717) is 5.69 Å². The Kier molecular flexibility index (Phi) is 3.18. The minimum atomic E-state index is -1.18. The molecule has 1 aromatic carbocycles. The molecule has 0 saturated heterocycles. The van der Waals surface area contributed by atoms with Gasteiger partial charge in [0, 0.05) is 18.0 Å². The van der Waals surface area contributed by atoms with Gasteiger partial charge in [-0.1, -0.05) is 0 Å². The Morgan fingerprint density at radius 3 is 2.67 bits per heavy atom. The molecule has 0 aliphatic rings. The molecule has 92 valence electrons. The summed E-state index contributed by atoms with van der Waals surface area (Å²) in [5.74, 6) is -2.62. The first-order valence-electron chi connectivity index (χ1n) is 4.97. The zero-order valence-electron chi connectivity index (χ0n) is 9.02. The third-order valence-electron chi connectivity index (χ3n) is 2.19. The van der Waals surface area contributed by atoms with Crippen molar-refractivity contribution < 1.29 is 18.7 Å². The maximum atomic E-state index is 13.4. The van der Waals surface area contributed by atoms with Crippen molar-refractivity contribution in [2.24, 2.45) is 0 Å². The van der Waals surface area contributed by atoms with E-state index >= 15 is 0 Å². The van der Waals surface area contributed by atoms with Gasteiger partial charge in [-0.2, -0.15) is 0 Å². The van der Waals surface area contributed by atoms with Crippen LogP contribution in [0.3, 0.4) is 0 Å². The molecule has 0 unspecified atom stereocenters. The smallest absolute Gasteiger partial charge is 0.354 e. The van der Waals surface area contributed by atoms with Gasteiger partial charge in [0.2, 0.25) is 0 Å². The van der Waals surface area contributed by atoms with E-state index in [0.717, 1.165) is 12.1 Å². The molecule has 4 nitrogen and oxygen atoms in total. The van der Waals surface area contributed by atoms with E-state index in [2.05, 4.69) is 10.3 Å². The maximum absolute atomic E-state index is 13.4. The Labute approximate surface area is 101 Å². The van der Waals surface area contributed by atoms with Crippen LogP contribution < -0.4 is 5.32 Å². The van der Waals surface area contributed by atoms with Crippen molar-refractivity contribution in [1.82, 2.24) is 4.98 Å². The fourth-order valence-corrected chi connectivity index (χ4v) is 1.37. The van der Waals surface area contributed by atoms with Gasteiger partial charge in [-0.05, 0) is 24.3 Å². The highest BCUT2D eigenvalue weighted by molar-refractivity contribution is 5.86. The highest BCUT2D eigenvalue weighted by atomic mass is 19.1. The number of hydrogen-bond acceptors (Lipinski definition) is 3. The molecule has 2 rings (SSSR count). The molecule has 1 aromatic heterocycles. The van der Waals surface area contributed by atoms with Crippen molar-refractivity contribution >= 4 is 17.3 Å². The van der Waals surface area contributed by atoms with Crippen molar-refractivity contribution in [1.29, 1.82) is 0 Å². The number of carbonyl (C=O) groups is 1. The van der Waals surface area contributed by atoms with Crippen molar-refractivity contribution in [3.05, 3.63) is 53.9 Å². The quantitative estimate of drug-likeness (QED) is 0.879. The van der Waals surface area contributed by atoms with Gasteiger partial charge >= 0.3 is 5.97 Å². The normalized spacial score (nSPS) is 10.1. The second-order valence-corrected chi connectivity index (χ2v) is 3.48. The molecular weight excluding hydrogens is 242 g/mol. The Morgan fingerprint density at radius 2 is 2.00 bits per heavy atom. The van der Waals surface area contributed by atoms with E-state index < -0.39 is 17.6 Å². The molecular formula is C12H8F2N2O2. The van der Waals surface area contributed by atoms with E-state index in [1.54, 1.807) is 0 Å². The first kappa shape index (κ1) is 12.0. The minimum absolute atomic E-state index is 0.0546. The second kappa shape index (κ2) is 4.79. The van der Waals surface area contributed by atoms with Crippen molar-refractivity contribution in [2.45, 2.75) is 0 Å². The average Bonchev–Trinajstić information content (AvgIpc) is 2.33. The summed E-state index contributed by atoms with van der Waals surface area (Å²) in [5.41, 5.74) is 0.245. The van der Waals surface area contributed by atoms with Gasteiger partial charge in [0.05, 0.1) is 5.69 Å². The molecule has 0 spiro atoms. The number of halogens is 2. The minimum Gasteiger partial charge on any atom is -0.477 e. The maximum Gasteiger partial charge on any atom is 0.354 e. The van der Waals surface area contributed by atoms with E-state index in [1.807, 2.05) is 0 Å². The van der Waals surface area contributed by atoms with Crippen LogP contribution in [0, 0.1) is 11.6 Å². The summed E-state index contributed by atoms with van der Waals surface area (Å²) in [6.07, 6.45) is 1.28. The van der Waals surface area contributed by atoms with Gasteiger partial charge < -0.3 is 10.4 Å². The number of pyridine rings is 1. The Balaban J connectivity index is 2.28. The number of anilines is 2. The van der Waals surface area contributed by atoms with Crippen LogP contribution in [-0.2, 0) is 0 Å². The lowest BCUT2D eigenvalue weighted by molar-refractivity contribution is 0.0690. The summed E-state index contributed by atoms with van der Waals surface area (Å²) < 4.78 is 26.1. The summed E-state index contributed by atoms with van der Waals surface area (Å²) in [7, 11) is 0. The predicted octanol–water partition coefficient (Wildman–Crippen LogP) is 2.80. The van der Waals surface area contributed by atoms with Gasteiger partial charge in [-0.25, -0.2) is 18.6 Å². The van der Waals surface area contributed by atoms with Crippen molar-refractivity contribution in [2.75, 3.05) is 5.32 Å². The standard InChI is InChI=1S/C12H8F2N2O2/c13-7-1-2-10(9(14)5-7)16-8-3-4-15-11(6-8)12(17)18/h1-6H,(H,15,16)(H,17,18). The topological polar surface area (TPSA) is 62.2 Å². The summed E-state index contributed by atoms with van der Waals surface area (Å²) in [6, 6.07) is 5.80. The number of aromatic nitrogens is 1. The van der Waals surface area contributed by atoms with E-state index in [1.165, 1.54) is 24.4 Å². The summed E-state index contributed by atoms with van der Waals surface area (Å²) in [4.78, 5) is 14.3. The summed E-state index contributed by atoms with van der Waals surface area (Å²) >= 11 is 0. The van der Waals surface area contributed by atoms with Crippen LogP contribution in [0.25, 0.3) is 0 Å². The lowest BCUT2D eigenvalue weighted by Crippen LogP contribution is -2.01. The molecule has 0 saturated carbocycles. The lowest BCUT2D eigenvalue weighted by atomic mass is 10.2. The molecule has 2 N–H and O–H groups in total. The Morgan fingerprint density at radius 1 is 1.22 bits per heavy atom. The van der Waals surface area contributed by atoms with Crippen LogP contribution in [0.4, 0.5) is 20.2 Å². The Bertz CT molecular complexity index is 602. The number of carboxylic acids is 1. The van der Waals surface area contributed by atoms with Crippen LogP contribution in [0.5, 0.6) is 0 Å². The SMILES string of the molecule is O=C(O)c1cc(Nc2ccc(F)cc2F)ccn1. The molecule has 0 bridgehead atoms. The average molecular weight is 250 g/mol. The van der Waals surface area contributed by atoms with Crippen LogP contribution in [0.2, 0.25) is 0 Å². The molecule has 0 fully saturated rings. The van der Waals surface area contributed by atoms with Crippen LogP contribution in [0.15, 0.2) is 36.5 Å². The molecule has 18 heavy (non-hydrogen) atoms. The van der Waals surface area contributed by atoms with Gasteiger partial charge in [0.1, 0.15) is 17.3 Å². The monoisotopic (exact) mass is 250 g/mol. The highest BCUT2D eigenvalue weighted by Gasteiger charge is 2.07. The molecule has 1 heterocycles. The molecule has 0 radical (unpaired) electrons. The van der Waals surface area contributed by atoms with Gasteiger partial charge in [-0.3, -0.25) is 0 Å². The van der Waals surface area contributed by atoms with Crippen molar-refractivity contribution in [3.63, 3.8) is 0 Å². The second-order valence-electron chi connectivity index (χ2n) is 3.48. The lowest BCUT2D eigenvalue weighted by Gasteiger charge is -2.07. The molecule has 6 heteroatoms. The van der Waals surface area contributed by atoms with E-state index in [-0.39, 0.29) is 11.4 Å². The van der Waals surface area contributed by atoms with Gasteiger partial charge in [0.25, 0.3) is 0 Å². The number of aromatic carboxylic acids is 1. The number of carboxylic acid groups (broad SMARTS) is 1. The fourth-order valence-electron chi connectivity index (χ4n) is 1.37. The van der Waals surface area contributed by atoms with Crippen molar-refractivity contribution in [3.8, 4) is 0 Å². The molecule has 0 aliphatic heterocycles. The summed E-state index contributed by atoms with van der Waals surface area (Å²) in [5, 5.41) is 11.4. The van der Waals surface area contributed by atoms with Crippen LogP contribution >= 0.6 is 0 Å². The molecule has 2 aromatic rings. The molecule has 0 atom stereocenters. The highest BCUT2D eigenvalue weighted by Crippen LogP contribution is 2.20.